The van der Waals surface area contributed by atoms with Gasteiger partial charge in [0.05, 0.1) is 25.3 Å². The Hall–Kier alpha value is -3.52. The fourth-order valence-electron chi connectivity index (χ4n) is 4.24. The number of nitrogens with zero attached hydrogens (tertiary/aromatic N) is 3. The Kier molecular flexibility index (Phi) is 16.4. The van der Waals surface area contributed by atoms with Crippen LogP contribution in [0.3, 0.4) is 0 Å². The molecule has 0 saturated heterocycles. The molecule has 3 rings (SSSR count). The molecule has 0 saturated carbocycles. The topological polar surface area (TPSA) is 78.3 Å². The van der Waals surface area contributed by atoms with Crippen molar-refractivity contribution in [3.63, 3.8) is 0 Å². The first-order valence-corrected chi connectivity index (χ1v) is 16.8. The van der Waals surface area contributed by atoms with Crippen LogP contribution < -0.4 is 14.8 Å². The van der Waals surface area contributed by atoms with E-state index < -0.39 is 9.52 Å². The molecular formula is C34H52N4O3S. The normalized spacial score (nSPS) is 12.3. The molecule has 1 atom stereocenters. The Bertz CT molecular complexity index is 1360. The van der Waals surface area contributed by atoms with Crippen molar-refractivity contribution in [3.8, 4) is 11.5 Å². The summed E-state index contributed by atoms with van der Waals surface area (Å²) in [6, 6.07) is 9.20. The lowest BCUT2D eigenvalue weighted by Gasteiger charge is -2.19. The molecule has 0 aliphatic heterocycles. The van der Waals surface area contributed by atoms with Gasteiger partial charge in [-0.3, -0.25) is 9.19 Å². The quantitative estimate of drug-likeness (QED) is 0.161. The van der Waals surface area contributed by atoms with Gasteiger partial charge in [-0.1, -0.05) is 53.2 Å². The van der Waals surface area contributed by atoms with E-state index in [1.165, 1.54) is 43.9 Å². The number of hydrogen-bond acceptors (Lipinski definition) is 6. The van der Waals surface area contributed by atoms with Crippen LogP contribution in [0.5, 0.6) is 11.5 Å². The Morgan fingerprint density at radius 2 is 1.76 bits per heavy atom. The average Bonchev–Trinajstić information content (AvgIpc) is 3.33. The average molecular weight is 597 g/mol. The lowest BCUT2D eigenvalue weighted by molar-refractivity contribution is 0.393. The first kappa shape index (κ1) is 36.5. The lowest BCUT2D eigenvalue weighted by Crippen LogP contribution is -2.20. The van der Waals surface area contributed by atoms with Gasteiger partial charge in [0.15, 0.2) is 0 Å². The van der Waals surface area contributed by atoms with E-state index >= 15 is 0 Å². The maximum atomic E-state index is 11.8. The highest BCUT2D eigenvalue weighted by Gasteiger charge is 2.13. The summed E-state index contributed by atoms with van der Waals surface area (Å²) in [5.74, 6) is 6.34. The molecule has 232 valence electrons. The second kappa shape index (κ2) is 18.8. The van der Waals surface area contributed by atoms with Crippen LogP contribution in [0.2, 0.25) is 0 Å². The molecule has 1 N–H and O–H groups in total. The van der Waals surface area contributed by atoms with Crippen molar-refractivity contribution in [1.82, 2.24) is 20.1 Å². The Morgan fingerprint density at radius 3 is 2.24 bits per heavy atom. The van der Waals surface area contributed by atoms with Crippen LogP contribution in [0.25, 0.3) is 5.82 Å². The van der Waals surface area contributed by atoms with E-state index in [0.717, 1.165) is 17.1 Å². The largest absolute Gasteiger partial charge is 0.497 e. The van der Waals surface area contributed by atoms with Crippen LogP contribution >= 0.6 is 0 Å². The zero-order chi connectivity index (χ0) is 31.7. The first-order chi connectivity index (χ1) is 20.0. The van der Waals surface area contributed by atoms with Gasteiger partial charge in [0, 0.05) is 30.9 Å². The molecule has 7 nitrogen and oxygen atoms in total. The summed E-state index contributed by atoms with van der Waals surface area (Å²) in [6.07, 6.45) is 14.0. The summed E-state index contributed by atoms with van der Waals surface area (Å²) >= 11 is 0. The SMILES string of the molecule is C=C(/C=C(/NCc1cccnc1)n1ncc(C)c1C)C(CCC)CCC.C=S(C)(=O)c1cc(OC)ccc1OC.CC. The predicted molar refractivity (Wildman–Crippen MR) is 180 cm³/mol. The second-order valence-electron chi connectivity index (χ2n) is 9.94. The first-order valence-electron chi connectivity index (χ1n) is 14.6. The molecule has 0 spiro atoms. The number of nitrogens with one attached hydrogen (secondary N) is 1. The fourth-order valence-corrected chi connectivity index (χ4v) is 5.19. The van der Waals surface area contributed by atoms with E-state index in [9.17, 15) is 4.21 Å². The molecule has 0 aliphatic carbocycles. The van der Waals surface area contributed by atoms with Gasteiger partial charge in [-0.2, -0.15) is 5.10 Å². The number of pyridine rings is 1. The summed E-state index contributed by atoms with van der Waals surface area (Å²) in [7, 11) is 0.817. The molecule has 1 unspecified atom stereocenters. The van der Waals surface area contributed by atoms with Gasteiger partial charge in [-0.05, 0) is 95.0 Å². The standard InChI is InChI=1S/C22H32N4.C10H14O3S.C2H6/c1-6-9-21(10-7-2)17(3)13-22(26-19(5)18(4)14-25-26)24-16-20-11-8-12-23-15-20;1-12-8-5-6-9(13-2)10(7-8)14(3,4)11;1-2/h8,11-15,21,24H,3,6-7,9-10,16H2,1-2,4-5H3;5-7H,3H2,1-2,4H3;1-2H3/b22-13-;;. The van der Waals surface area contributed by atoms with Crippen LogP contribution in [-0.2, 0) is 16.1 Å². The number of hydrogen-bond donors (Lipinski definition) is 1. The highest BCUT2D eigenvalue weighted by atomic mass is 32.2. The van der Waals surface area contributed by atoms with Crippen LogP contribution in [0.15, 0.2) is 72.0 Å². The van der Waals surface area contributed by atoms with Crippen LogP contribution in [0.1, 0.15) is 70.2 Å². The molecule has 8 heteroatoms. The summed E-state index contributed by atoms with van der Waals surface area (Å²) in [5, 5.41) is 8.10. The Morgan fingerprint density at radius 1 is 1.10 bits per heavy atom. The van der Waals surface area contributed by atoms with Crippen LogP contribution in [0.4, 0.5) is 0 Å². The third kappa shape index (κ3) is 11.4. The molecular weight excluding hydrogens is 544 g/mol. The second-order valence-corrected chi connectivity index (χ2v) is 12.4. The van der Waals surface area contributed by atoms with Crippen LogP contribution in [0, 0.1) is 19.8 Å². The predicted octanol–water partition coefficient (Wildman–Crippen LogP) is 7.69. The third-order valence-electron chi connectivity index (χ3n) is 6.64. The van der Waals surface area contributed by atoms with Crippen molar-refractivity contribution in [2.75, 3.05) is 20.5 Å². The van der Waals surface area contributed by atoms with Crippen LogP contribution in [-0.4, -0.2) is 45.3 Å². The molecule has 3 aromatic rings. The number of rotatable bonds is 13. The summed E-state index contributed by atoms with van der Waals surface area (Å²) in [6.45, 7) is 17.7. The maximum Gasteiger partial charge on any atom is 0.134 e. The molecule has 0 bridgehead atoms. The number of methoxy groups -OCH3 is 2. The lowest BCUT2D eigenvalue weighted by atomic mass is 9.91. The van der Waals surface area contributed by atoms with Crippen molar-refractivity contribution in [2.24, 2.45) is 5.92 Å². The van der Waals surface area contributed by atoms with E-state index in [1.54, 1.807) is 37.8 Å². The summed E-state index contributed by atoms with van der Waals surface area (Å²) < 4.78 is 23.9. The van der Waals surface area contributed by atoms with Crippen molar-refractivity contribution in [1.29, 1.82) is 0 Å². The molecule has 0 aliphatic rings. The molecule has 0 amide bonds. The molecule has 2 heterocycles. The van der Waals surface area contributed by atoms with E-state index in [4.69, 9.17) is 9.47 Å². The molecule has 42 heavy (non-hydrogen) atoms. The minimum absolute atomic E-state index is 0.525. The highest BCUT2D eigenvalue weighted by molar-refractivity contribution is 7.99. The van der Waals surface area contributed by atoms with E-state index in [2.05, 4.69) is 67.7 Å². The van der Waals surface area contributed by atoms with Crippen molar-refractivity contribution >= 4 is 21.2 Å². The Labute approximate surface area is 255 Å². The number of ether oxygens (including phenoxy) is 2. The summed E-state index contributed by atoms with van der Waals surface area (Å²) in [4.78, 5) is 4.78. The smallest absolute Gasteiger partial charge is 0.134 e. The highest BCUT2D eigenvalue weighted by Crippen LogP contribution is 2.28. The molecule has 2 aromatic heterocycles. The monoisotopic (exact) mass is 596 g/mol. The van der Waals surface area contributed by atoms with E-state index in [1.807, 2.05) is 37.0 Å². The van der Waals surface area contributed by atoms with Crippen molar-refractivity contribution in [2.45, 2.75) is 78.7 Å². The number of aryl methyl sites for hydroxylation is 1. The number of aromatic nitrogens is 3. The van der Waals surface area contributed by atoms with Crippen molar-refractivity contribution in [3.05, 3.63) is 84.0 Å². The number of benzene rings is 1. The maximum absolute atomic E-state index is 11.8. The van der Waals surface area contributed by atoms with Gasteiger partial charge in [0.2, 0.25) is 0 Å². The van der Waals surface area contributed by atoms with Gasteiger partial charge in [0.25, 0.3) is 0 Å². The van der Waals surface area contributed by atoms with Crippen molar-refractivity contribution < 1.29 is 13.7 Å². The minimum Gasteiger partial charge on any atom is -0.497 e. The zero-order valence-electron chi connectivity index (χ0n) is 27.2. The third-order valence-corrected chi connectivity index (χ3v) is 7.89. The number of allylic oxidation sites excluding steroid dienone is 2. The van der Waals surface area contributed by atoms with Gasteiger partial charge >= 0.3 is 0 Å². The van der Waals surface area contributed by atoms with E-state index in [0.29, 0.717) is 28.9 Å². The van der Waals surface area contributed by atoms with Gasteiger partial charge in [-0.15, -0.1) is 0 Å². The molecule has 1 aromatic carbocycles. The molecule has 0 radical (unpaired) electrons. The van der Waals surface area contributed by atoms with E-state index in [-0.39, 0.29) is 0 Å². The minimum atomic E-state index is -2.28. The Balaban J connectivity index is 0.000000465. The van der Waals surface area contributed by atoms with Gasteiger partial charge in [0.1, 0.15) is 17.3 Å². The molecule has 0 fully saturated rings. The summed E-state index contributed by atoms with van der Waals surface area (Å²) in [5.41, 5.74) is 4.65. The van der Waals surface area contributed by atoms with Gasteiger partial charge in [-0.25, -0.2) is 4.68 Å². The fraction of sp³-hybridized carbons (Fsp3) is 0.441. The zero-order valence-corrected chi connectivity index (χ0v) is 28.0. The van der Waals surface area contributed by atoms with Gasteiger partial charge < -0.3 is 14.8 Å².